The quantitative estimate of drug-likeness (QED) is 0.789. The fourth-order valence-corrected chi connectivity index (χ4v) is 1.94. The number of nitrogens with zero attached hydrogens (tertiary/aromatic N) is 2. The molecule has 4 heteroatoms. The Bertz CT molecular complexity index is 706. The lowest BCUT2D eigenvalue weighted by atomic mass is 10.2. The summed E-state index contributed by atoms with van der Waals surface area (Å²) in [4.78, 5) is 16.3. The van der Waals surface area contributed by atoms with Gasteiger partial charge in [-0.2, -0.15) is 0 Å². The Morgan fingerprint density at radius 2 is 1.85 bits per heavy atom. The van der Waals surface area contributed by atoms with E-state index in [4.69, 9.17) is 0 Å². The SMILES string of the molecule is O=C(Nc1ccccn1)c1cccc(-n2cccc2)c1. The normalized spacial score (nSPS) is 10.2. The average Bonchev–Trinajstić information content (AvgIpc) is 3.03. The number of benzene rings is 1. The van der Waals surface area contributed by atoms with Crippen LogP contribution in [0.15, 0.2) is 73.2 Å². The van der Waals surface area contributed by atoms with Crippen LogP contribution in [0.2, 0.25) is 0 Å². The fraction of sp³-hybridized carbons (Fsp3) is 0. The lowest BCUT2D eigenvalue weighted by Gasteiger charge is -2.07. The predicted molar refractivity (Wildman–Crippen MR) is 78.0 cm³/mol. The molecule has 20 heavy (non-hydrogen) atoms. The van der Waals surface area contributed by atoms with E-state index in [0.29, 0.717) is 11.4 Å². The third-order valence-electron chi connectivity index (χ3n) is 2.92. The summed E-state index contributed by atoms with van der Waals surface area (Å²) in [7, 11) is 0. The van der Waals surface area contributed by atoms with Crippen molar-refractivity contribution < 1.29 is 4.79 Å². The molecule has 98 valence electrons. The third-order valence-corrected chi connectivity index (χ3v) is 2.92. The first-order chi connectivity index (χ1) is 9.83. The molecule has 0 bridgehead atoms. The van der Waals surface area contributed by atoms with Gasteiger partial charge in [-0.1, -0.05) is 12.1 Å². The van der Waals surface area contributed by atoms with Gasteiger partial charge in [0.2, 0.25) is 0 Å². The van der Waals surface area contributed by atoms with E-state index in [9.17, 15) is 4.79 Å². The van der Waals surface area contributed by atoms with E-state index < -0.39 is 0 Å². The largest absolute Gasteiger partial charge is 0.324 e. The van der Waals surface area contributed by atoms with Gasteiger partial charge in [0.05, 0.1) is 0 Å². The van der Waals surface area contributed by atoms with Crippen molar-refractivity contribution in [2.45, 2.75) is 0 Å². The number of carbonyl (C=O) groups excluding carboxylic acids is 1. The summed E-state index contributed by atoms with van der Waals surface area (Å²) >= 11 is 0. The van der Waals surface area contributed by atoms with Gasteiger partial charge in [-0.15, -0.1) is 0 Å². The Morgan fingerprint density at radius 1 is 1.00 bits per heavy atom. The number of pyridine rings is 1. The Hall–Kier alpha value is -2.88. The minimum absolute atomic E-state index is 0.169. The molecule has 0 aliphatic rings. The summed E-state index contributed by atoms with van der Waals surface area (Å²) in [5.74, 6) is 0.376. The molecule has 0 aliphatic carbocycles. The highest BCUT2D eigenvalue weighted by Crippen LogP contribution is 2.12. The summed E-state index contributed by atoms with van der Waals surface area (Å²) in [6.45, 7) is 0. The molecule has 1 aromatic carbocycles. The van der Waals surface area contributed by atoms with Gasteiger partial charge in [0.15, 0.2) is 0 Å². The zero-order valence-electron chi connectivity index (χ0n) is 10.7. The van der Waals surface area contributed by atoms with Crippen LogP contribution in [0, 0.1) is 0 Å². The molecule has 2 aromatic heterocycles. The number of amides is 1. The van der Waals surface area contributed by atoms with Crippen LogP contribution in [-0.2, 0) is 0 Å². The molecule has 4 nitrogen and oxygen atoms in total. The molecule has 0 unspecified atom stereocenters. The highest BCUT2D eigenvalue weighted by atomic mass is 16.1. The molecule has 0 radical (unpaired) electrons. The van der Waals surface area contributed by atoms with Gasteiger partial charge in [0.1, 0.15) is 5.82 Å². The molecule has 0 spiro atoms. The molecule has 1 N–H and O–H groups in total. The van der Waals surface area contributed by atoms with E-state index in [0.717, 1.165) is 5.69 Å². The first-order valence-corrected chi connectivity index (χ1v) is 6.29. The lowest BCUT2D eigenvalue weighted by Crippen LogP contribution is -2.13. The second-order valence-electron chi connectivity index (χ2n) is 4.31. The summed E-state index contributed by atoms with van der Waals surface area (Å²) in [6, 6.07) is 16.7. The van der Waals surface area contributed by atoms with E-state index in [1.54, 1.807) is 18.3 Å². The Labute approximate surface area is 116 Å². The standard InChI is InChI=1S/C16H13N3O/c20-16(18-15-8-1-2-9-17-15)13-6-5-7-14(12-13)19-10-3-4-11-19/h1-12H,(H,17,18,20). The van der Waals surface area contributed by atoms with Crippen LogP contribution in [0.3, 0.4) is 0 Å². The number of anilines is 1. The second kappa shape index (κ2) is 5.40. The zero-order chi connectivity index (χ0) is 13.8. The summed E-state index contributed by atoms with van der Waals surface area (Å²) in [6.07, 6.45) is 5.53. The van der Waals surface area contributed by atoms with Gasteiger partial charge in [0, 0.05) is 29.8 Å². The monoisotopic (exact) mass is 263 g/mol. The number of rotatable bonds is 3. The Morgan fingerprint density at radius 3 is 2.60 bits per heavy atom. The maximum absolute atomic E-state index is 12.2. The second-order valence-corrected chi connectivity index (χ2v) is 4.31. The van der Waals surface area contributed by atoms with Crippen molar-refractivity contribution in [1.82, 2.24) is 9.55 Å². The molecular weight excluding hydrogens is 250 g/mol. The number of aromatic nitrogens is 2. The maximum Gasteiger partial charge on any atom is 0.256 e. The van der Waals surface area contributed by atoms with Crippen molar-refractivity contribution in [3.05, 3.63) is 78.8 Å². The number of hydrogen-bond acceptors (Lipinski definition) is 2. The van der Waals surface area contributed by atoms with Gasteiger partial charge in [-0.05, 0) is 42.5 Å². The smallest absolute Gasteiger partial charge is 0.256 e. The summed E-state index contributed by atoms with van der Waals surface area (Å²) in [5, 5.41) is 2.77. The van der Waals surface area contributed by atoms with Crippen LogP contribution in [0.1, 0.15) is 10.4 Å². The van der Waals surface area contributed by atoms with Gasteiger partial charge >= 0.3 is 0 Å². The van der Waals surface area contributed by atoms with Crippen LogP contribution in [0.25, 0.3) is 5.69 Å². The highest BCUT2D eigenvalue weighted by molar-refractivity contribution is 6.04. The van der Waals surface area contributed by atoms with Crippen LogP contribution in [0.5, 0.6) is 0 Å². The van der Waals surface area contributed by atoms with E-state index in [-0.39, 0.29) is 5.91 Å². The van der Waals surface area contributed by atoms with Crippen LogP contribution >= 0.6 is 0 Å². The average molecular weight is 263 g/mol. The van der Waals surface area contributed by atoms with Crippen LogP contribution in [-0.4, -0.2) is 15.5 Å². The molecule has 0 atom stereocenters. The molecule has 2 heterocycles. The third kappa shape index (κ3) is 2.59. The molecule has 0 saturated heterocycles. The van der Waals surface area contributed by atoms with Crippen molar-refractivity contribution in [1.29, 1.82) is 0 Å². The van der Waals surface area contributed by atoms with E-state index in [2.05, 4.69) is 10.3 Å². The van der Waals surface area contributed by atoms with Crippen molar-refractivity contribution >= 4 is 11.7 Å². The first-order valence-electron chi connectivity index (χ1n) is 6.29. The van der Waals surface area contributed by atoms with Crippen molar-refractivity contribution in [3.63, 3.8) is 0 Å². The molecule has 1 amide bonds. The summed E-state index contributed by atoms with van der Waals surface area (Å²) < 4.78 is 1.96. The number of hydrogen-bond donors (Lipinski definition) is 1. The highest BCUT2D eigenvalue weighted by Gasteiger charge is 2.07. The first kappa shape index (κ1) is 12.2. The van der Waals surface area contributed by atoms with Crippen molar-refractivity contribution in [2.24, 2.45) is 0 Å². The number of nitrogens with one attached hydrogen (secondary N) is 1. The topological polar surface area (TPSA) is 46.9 Å². The van der Waals surface area contributed by atoms with Crippen LogP contribution < -0.4 is 5.32 Å². The molecule has 0 fully saturated rings. The van der Waals surface area contributed by atoms with Gasteiger partial charge in [-0.25, -0.2) is 4.98 Å². The minimum Gasteiger partial charge on any atom is -0.324 e. The molecule has 3 aromatic rings. The van der Waals surface area contributed by atoms with Gasteiger partial charge < -0.3 is 9.88 Å². The minimum atomic E-state index is -0.169. The predicted octanol–water partition coefficient (Wildman–Crippen LogP) is 3.12. The fourth-order valence-electron chi connectivity index (χ4n) is 1.94. The molecule has 0 saturated carbocycles. The zero-order valence-corrected chi connectivity index (χ0v) is 10.7. The van der Waals surface area contributed by atoms with Crippen molar-refractivity contribution in [2.75, 3.05) is 5.32 Å². The Kier molecular flexibility index (Phi) is 3.29. The van der Waals surface area contributed by atoms with Gasteiger partial charge in [-0.3, -0.25) is 4.79 Å². The molecular formula is C16H13N3O. The van der Waals surface area contributed by atoms with E-state index >= 15 is 0 Å². The molecule has 0 aliphatic heterocycles. The van der Waals surface area contributed by atoms with Crippen LogP contribution in [0.4, 0.5) is 5.82 Å². The van der Waals surface area contributed by atoms with E-state index in [1.807, 2.05) is 59.4 Å². The van der Waals surface area contributed by atoms with E-state index in [1.165, 1.54) is 0 Å². The summed E-state index contributed by atoms with van der Waals surface area (Å²) in [5.41, 5.74) is 1.55. The number of carbonyl (C=O) groups is 1. The molecule has 3 rings (SSSR count). The Balaban J connectivity index is 1.84. The maximum atomic E-state index is 12.2. The lowest BCUT2D eigenvalue weighted by molar-refractivity contribution is 0.102. The van der Waals surface area contributed by atoms with Crippen molar-refractivity contribution in [3.8, 4) is 5.69 Å². The van der Waals surface area contributed by atoms with Gasteiger partial charge in [0.25, 0.3) is 5.91 Å².